The lowest BCUT2D eigenvalue weighted by Crippen LogP contribution is -2.03. The van der Waals surface area contributed by atoms with Crippen LogP contribution in [0.1, 0.15) is 23.8 Å². The molecule has 1 N–H and O–H groups in total. The van der Waals surface area contributed by atoms with Crippen LogP contribution in [0.5, 0.6) is 0 Å². The Kier molecular flexibility index (Phi) is 3.76. The molecule has 0 aliphatic rings. The third-order valence-electron chi connectivity index (χ3n) is 2.63. The van der Waals surface area contributed by atoms with Gasteiger partial charge < -0.3 is 9.52 Å². The SMILES string of the molecule is Cn1nc(CCc2ccco2)nc1CCC(=O)O. The number of carboxylic acid groups (broad SMARTS) is 1. The van der Waals surface area contributed by atoms with Crippen molar-refractivity contribution in [3.8, 4) is 0 Å². The Labute approximate surface area is 104 Å². The van der Waals surface area contributed by atoms with Gasteiger partial charge in [0.1, 0.15) is 11.6 Å². The van der Waals surface area contributed by atoms with Gasteiger partial charge in [-0.3, -0.25) is 9.48 Å². The molecule has 0 aliphatic carbocycles. The molecule has 2 heterocycles. The van der Waals surface area contributed by atoms with Crippen LogP contribution in [0.4, 0.5) is 0 Å². The highest BCUT2D eigenvalue weighted by atomic mass is 16.4. The summed E-state index contributed by atoms with van der Waals surface area (Å²) in [7, 11) is 1.78. The van der Waals surface area contributed by atoms with Gasteiger partial charge in [-0.15, -0.1) is 0 Å². The van der Waals surface area contributed by atoms with Crippen LogP contribution in [0, 0.1) is 0 Å². The first kappa shape index (κ1) is 12.3. The normalized spacial score (nSPS) is 10.7. The lowest BCUT2D eigenvalue weighted by atomic mass is 10.2. The summed E-state index contributed by atoms with van der Waals surface area (Å²) in [5.74, 6) is 1.49. The second-order valence-corrected chi connectivity index (χ2v) is 4.04. The summed E-state index contributed by atoms with van der Waals surface area (Å²) < 4.78 is 6.87. The average Bonchev–Trinajstić information content (AvgIpc) is 2.93. The number of hydrogen-bond donors (Lipinski definition) is 1. The van der Waals surface area contributed by atoms with Gasteiger partial charge in [-0.2, -0.15) is 5.10 Å². The Hall–Kier alpha value is -2.11. The topological polar surface area (TPSA) is 81.2 Å². The van der Waals surface area contributed by atoms with E-state index in [1.807, 2.05) is 12.1 Å². The second kappa shape index (κ2) is 5.48. The molecule has 0 aliphatic heterocycles. The molecule has 0 saturated carbocycles. The minimum atomic E-state index is -0.824. The van der Waals surface area contributed by atoms with Crippen LogP contribution in [-0.2, 0) is 31.1 Å². The third kappa shape index (κ3) is 3.19. The lowest BCUT2D eigenvalue weighted by molar-refractivity contribution is -0.137. The summed E-state index contributed by atoms with van der Waals surface area (Å²) in [6.45, 7) is 0. The zero-order valence-electron chi connectivity index (χ0n) is 10.2. The van der Waals surface area contributed by atoms with E-state index in [1.54, 1.807) is 18.0 Å². The number of hydrogen-bond acceptors (Lipinski definition) is 4. The van der Waals surface area contributed by atoms with Crippen molar-refractivity contribution in [3.05, 3.63) is 35.8 Å². The van der Waals surface area contributed by atoms with Crippen molar-refractivity contribution in [2.45, 2.75) is 25.7 Å². The van der Waals surface area contributed by atoms with Gasteiger partial charge in [-0.1, -0.05) is 0 Å². The number of rotatable bonds is 6. The Morgan fingerprint density at radius 1 is 1.44 bits per heavy atom. The zero-order chi connectivity index (χ0) is 13.0. The molecule has 0 bridgehead atoms. The van der Waals surface area contributed by atoms with Gasteiger partial charge in [0.15, 0.2) is 5.82 Å². The summed E-state index contributed by atoms with van der Waals surface area (Å²) in [5.41, 5.74) is 0. The maximum absolute atomic E-state index is 10.5. The first-order valence-electron chi connectivity index (χ1n) is 5.78. The van der Waals surface area contributed by atoms with Gasteiger partial charge in [-0.25, -0.2) is 4.98 Å². The van der Waals surface area contributed by atoms with E-state index in [0.717, 1.165) is 12.2 Å². The van der Waals surface area contributed by atoms with E-state index in [2.05, 4.69) is 10.1 Å². The van der Waals surface area contributed by atoms with Crippen molar-refractivity contribution in [3.63, 3.8) is 0 Å². The number of aryl methyl sites for hydroxylation is 4. The van der Waals surface area contributed by atoms with Crippen molar-refractivity contribution >= 4 is 5.97 Å². The van der Waals surface area contributed by atoms with Crippen molar-refractivity contribution in [2.24, 2.45) is 7.05 Å². The maximum Gasteiger partial charge on any atom is 0.303 e. The van der Waals surface area contributed by atoms with Gasteiger partial charge in [0.2, 0.25) is 0 Å². The van der Waals surface area contributed by atoms with Crippen LogP contribution >= 0.6 is 0 Å². The molecule has 0 atom stereocenters. The molecule has 0 fully saturated rings. The van der Waals surface area contributed by atoms with Crippen molar-refractivity contribution in [2.75, 3.05) is 0 Å². The van der Waals surface area contributed by atoms with E-state index >= 15 is 0 Å². The average molecular weight is 249 g/mol. The van der Waals surface area contributed by atoms with E-state index in [9.17, 15) is 4.79 Å². The number of carboxylic acids is 1. The summed E-state index contributed by atoms with van der Waals surface area (Å²) >= 11 is 0. The molecule has 6 nitrogen and oxygen atoms in total. The smallest absolute Gasteiger partial charge is 0.303 e. The Morgan fingerprint density at radius 3 is 2.94 bits per heavy atom. The summed E-state index contributed by atoms with van der Waals surface area (Å²) in [5, 5.41) is 12.9. The monoisotopic (exact) mass is 249 g/mol. The molecule has 2 aromatic heterocycles. The number of nitrogens with zero attached hydrogens (tertiary/aromatic N) is 3. The van der Waals surface area contributed by atoms with Crippen LogP contribution in [0.25, 0.3) is 0 Å². The highest BCUT2D eigenvalue weighted by Crippen LogP contribution is 2.06. The lowest BCUT2D eigenvalue weighted by Gasteiger charge is -1.95. The molecule has 96 valence electrons. The molecule has 0 unspecified atom stereocenters. The van der Waals surface area contributed by atoms with E-state index in [0.29, 0.717) is 24.5 Å². The van der Waals surface area contributed by atoms with Crippen molar-refractivity contribution < 1.29 is 14.3 Å². The molecule has 18 heavy (non-hydrogen) atoms. The predicted octanol–water partition coefficient (Wildman–Crippen LogP) is 1.21. The largest absolute Gasteiger partial charge is 0.481 e. The van der Waals surface area contributed by atoms with Crippen LogP contribution in [-0.4, -0.2) is 25.8 Å². The minimum Gasteiger partial charge on any atom is -0.481 e. The van der Waals surface area contributed by atoms with Crippen LogP contribution in [0.2, 0.25) is 0 Å². The number of carbonyl (C=O) groups is 1. The molecule has 0 spiro atoms. The molecule has 6 heteroatoms. The standard InChI is InChI=1S/C12H15N3O3/c1-15-11(6-7-12(16)17)13-10(14-15)5-4-9-3-2-8-18-9/h2-3,8H,4-7H2,1H3,(H,16,17). The predicted molar refractivity (Wildman–Crippen MR) is 63.1 cm³/mol. The number of aromatic nitrogens is 3. The van der Waals surface area contributed by atoms with Crippen LogP contribution < -0.4 is 0 Å². The maximum atomic E-state index is 10.5. The molecule has 0 aromatic carbocycles. The van der Waals surface area contributed by atoms with Gasteiger partial charge in [0.05, 0.1) is 12.7 Å². The fraction of sp³-hybridized carbons (Fsp3) is 0.417. The Bertz CT molecular complexity index is 517. The highest BCUT2D eigenvalue weighted by molar-refractivity contribution is 5.66. The molecular weight excluding hydrogens is 234 g/mol. The molecule has 2 aromatic rings. The van der Waals surface area contributed by atoms with Gasteiger partial charge in [0, 0.05) is 26.3 Å². The Morgan fingerprint density at radius 2 is 2.28 bits per heavy atom. The first-order chi connectivity index (χ1) is 8.65. The number of aliphatic carboxylic acids is 1. The van der Waals surface area contributed by atoms with Gasteiger partial charge >= 0.3 is 5.97 Å². The molecule has 2 rings (SSSR count). The highest BCUT2D eigenvalue weighted by Gasteiger charge is 2.09. The minimum absolute atomic E-state index is 0.0736. The first-order valence-corrected chi connectivity index (χ1v) is 5.78. The third-order valence-corrected chi connectivity index (χ3v) is 2.63. The quantitative estimate of drug-likeness (QED) is 0.832. The van der Waals surface area contributed by atoms with E-state index in [1.165, 1.54) is 0 Å². The van der Waals surface area contributed by atoms with Crippen LogP contribution in [0.3, 0.4) is 0 Å². The van der Waals surface area contributed by atoms with E-state index < -0.39 is 5.97 Å². The number of furan rings is 1. The summed E-state index contributed by atoms with van der Waals surface area (Å²) in [4.78, 5) is 14.8. The fourth-order valence-corrected chi connectivity index (χ4v) is 1.71. The Balaban J connectivity index is 1.93. The second-order valence-electron chi connectivity index (χ2n) is 4.04. The summed E-state index contributed by atoms with van der Waals surface area (Å²) in [6.07, 6.45) is 3.55. The van der Waals surface area contributed by atoms with Crippen molar-refractivity contribution in [1.29, 1.82) is 0 Å². The van der Waals surface area contributed by atoms with Crippen LogP contribution in [0.15, 0.2) is 22.8 Å². The fourth-order valence-electron chi connectivity index (χ4n) is 1.71. The molecule has 0 radical (unpaired) electrons. The molecular formula is C12H15N3O3. The van der Waals surface area contributed by atoms with Crippen molar-refractivity contribution in [1.82, 2.24) is 14.8 Å². The molecule has 0 saturated heterocycles. The molecule has 0 amide bonds. The summed E-state index contributed by atoms with van der Waals surface area (Å²) in [6, 6.07) is 3.76. The van der Waals surface area contributed by atoms with Gasteiger partial charge in [-0.05, 0) is 12.1 Å². The zero-order valence-corrected chi connectivity index (χ0v) is 10.2. The van der Waals surface area contributed by atoms with E-state index in [-0.39, 0.29) is 6.42 Å². The van der Waals surface area contributed by atoms with E-state index in [4.69, 9.17) is 9.52 Å². The van der Waals surface area contributed by atoms with Gasteiger partial charge in [0.25, 0.3) is 0 Å².